The van der Waals surface area contributed by atoms with E-state index in [1.807, 2.05) is 34.5 Å². The van der Waals surface area contributed by atoms with Gasteiger partial charge in [-0.1, -0.05) is 30.3 Å². The van der Waals surface area contributed by atoms with E-state index in [1.54, 1.807) is 0 Å². The normalized spacial score (nSPS) is 19.7. The average Bonchev–Trinajstić information content (AvgIpc) is 3.52. The van der Waals surface area contributed by atoms with Gasteiger partial charge in [-0.25, -0.2) is 4.79 Å². The van der Waals surface area contributed by atoms with Gasteiger partial charge >= 0.3 is 6.09 Å². The van der Waals surface area contributed by atoms with Crippen molar-refractivity contribution in [3.05, 3.63) is 70.4 Å². The number of nitrogens with zero attached hydrogens (tertiary/aromatic N) is 3. The standard InChI is InChI=1S/C31H39N5O3S/c1-34-14-16-35(17-15-34)28-13-8-24(20-27(28)33-31(38)39-2)23-6-3-5-22(19-23)21-36(26-11-9-25(32)10-12-26)30(37)29-7-4-18-40-29/h3-8,13,18-20,25-26H,9-12,14-17,21,32H2,1-2H3,(H,33,38). The van der Waals surface area contributed by atoms with Crippen LogP contribution in [0.3, 0.4) is 0 Å². The first-order chi connectivity index (χ1) is 19.4. The molecule has 5 rings (SSSR count). The summed E-state index contributed by atoms with van der Waals surface area (Å²) in [5, 5.41) is 4.88. The third-order valence-electron chi connectivity index (χ3n) is 8.05. The number of anilines is 2. The topological polar surface area (TPSA) is 91.1 Å². The molecule has 2 aliphatic rings. The third kappa shape index (κ3) is 6.66. The van der Waals surface area contributed by atoms with Crippen LogP contribution in [0.1, 0.15) is 40.9 Å². The van der Waals surface area contributed by atoms with Gasteiger partial charge in [0.05, 0.1) is 23.4 Å². The Morgan fingerprint density at radius 3 is 2.45 bits per heavy atom. The minimum absolute atomic E-state index is 0.0852. The van der Waals surface area contributed by atoms with Crippen LogP contribution in [0.15, 0.2) is 60.0 Å². The second kappa shape index (κ2) is 12.8. The van der Waals surface area contributed by atoms with E-state index in [1.165, 1.54) is 18.4 Å². The van der Waals surface area contributed by atoms with Crippen LogP contribution in [0.25, 0.3) is 11.1 Å². The summed E-state index contributed by atoms with van der Waals surface area (Å²) in [4.78, 5) is 33.2. The molecule has 1 aromatic heterocycles. The van der Waals surface area contributed by atoms with Crippen molar-refractivity contribution in [2.75, 3.05) is 50.6 Å². The molecule has 9 heteroatoms. The van der Waals surface area contributed by atoms with Gasteiger partial charge in [-0.15, -0.1) is 11.3 Å². The molecule has 3 aromatic rings. The van der Waals surface area contributed by atoms with Gasteiger partial charge in [0, 0.05) is 44.8 Å². The van der Waals surface area contributed by atoms with Crippen molar-refractivity contribution in [2.24, 2.45) is 5.73 Å². The number of likely N-dealkylation sites (N-methyl/N-ethyl adjacent to an activating group) is 1. The Hall–Kier alpha value is -3.40. The molecule has 0 atom stereocenters. The fraction of sp³-hybridized carbons (Fsp3) is 0.419. The van der Waals surface area contributed by atoms with Crippen LogP contribution < -0.4 is 16.0 Å². The molecule has 0 radical (unpaired) electrons. The maximum absolute atomic E-state index is 13.6. The van der Waals surface area contributed by atoms with Crippen LogP contribution in [0.2, 0.25) is 0 Å². The van der Waals surface area contributed by atoms with Crippen molar-refractivity contribution in [3.8, 4) is 11.1 Å². The largest absolute Gasteiger partial charge is 0.453 e. The van der Waals surface area contributed by atoms with E-state index in [9.17, 15) is 9.59 Å². The predicted molar refractivity (Wildman–Crippen MR) is 162 cm³/mol. The van der Waals surface area contributed by atoms with E-state index >= 15 is 0 Å². The highest BCUT2D eigenvalue weighted by molar-refractivity contribution is 7.12. The lowest BCUT2D eigenvalue weighted by atomic mass is 9.90. The molecule has 0 unspecified atom stereocenters. The lowest BCUT2D eigenvalue weighted by molar-refractivity contribution is 0.0611. The van der Waals surface area contributed by atoms with E-state index in [0.717, 1.165) is 84.8 Å². The number of piperazine rings is 1. The Labute approximate surface area is 240 Å². The molecule has 2 fully saturated rings. The Bertz CT molecular complexity index is 1300. The Kier molecular flexibility index (Phi) is 9.04. The number of thiophene rings is 1. The predicted octanol–water partition coefficient (Wildman–Crippen LogP) is 5.26. The second-order valence-electron chi connectivity index (χ2n) is 10.8. The fourth-order valence-electron chi connectivity index (χ4n) is 5.67. The number of amides is 2. The van der Waals surface area contributed by atoms with Gasteiger partial charge < -0.3 is 25.2 Å². The molecule has 1 aliphatic carbocycles. The summed E-state index contributed by atoms with van der Waals surface area (Å²) in [6, 6.07) is 18.8. The minimum Gasteiger partial charge on any atom is -0.453 e. The lowest BCUT2D eigenvalue weighted by Crippen LogP contribution is -2.44. The first-order valence-electron chi connectivity index (χ1n) is 14.0. The zero-order chi connectivity index (χ0) is 28.1. The maximum atomic E-state index is 13.6. The van der Waals surface area contributed by atoms with E-state index in [4.69, 9.17) is 10.5 Å². The molecular weight excluding hydrogens is 522 g/mol. The van der Waals surface area contributed by atoms with Crippen molar-refractivity contribution in [1.29, 1.82) is 0 Å². The zero-order valence-electron chi connectivity index (χ0n) is 23.3. The zero-order valence-corrected chi connectivity index (χ0v) is 24.2. The molecule has 3 N–H and O–H groups in total. The summed E-state index contributed by atoms with van der Waals surface area (Å²) in [5.41, 5.74) is 11.0. The molecule has 212 valence electrons. The number of benzene rings is 2. The second-order valence-corrected chi connectivity index (χ2v) is 11.8. The van der Waals surface area contributed by atoms with Crippen molar-refractivity contribution in [2.45, 2.75) is 44.3 Å². The van der Waals surface area contributed by atoms with Crippen molar-refractivity contribution >= 4 is 34.7 Å². The summed E-state index contributed by atoms with van der Waals surface area (Å²) in [6.07, 6.45) is 3.24. The molecule has 40 heavy (non-hydrogen) atoms. The van der Waals surface area contributed by atoms with Gasteiger partial charge in [0.2, 0.25) is 0 Å². The first kappa shape index (κ1) is 28.1. The van der Waals surface area contributed by atoms with Gasteiger partial charge in [-0.2, -0.15) is 0 Å². The number of carbonyl (C=O) groups excluding carboxylic acids is 2. The number of hydrogen-bond acceptors (Lipinski definition) is 7. The van der Waals surface area contributed by atoms with Crippen LogP contribution >= 0.6 is 11.3 Å². The van der Waals surface area contributed by atoms with E-state index in [-0.39, 0.29) is 18.0 Å². The smallest absolute Gasteiger partial charge is 0.411 e. The number of ether oxygens (including phenoxy) is 1. The minimum atomic E-state index is -0.490. The summed E-state index contributed by atoms with van der Waals surface area (Å²) >= 11 is 1.49. The van der Waals surface area contributed by atoms with E-state index < -0.39 is 6.09 Å². The number of methoxy groups -OCH3 is 1. The summed E-state index contributed by atoms with van der Waals surface area (Å²) in [6.45, 7) is 4.25. The molecule has 0 spiro atoms. The molecule has 1 saturated carbocycles. The molecule has 0 bridgehead atoms. The highest BCUT2D eigenvalue weighted by Crippen LogP contribution is 2.33. The fourth-order valence-corrected chi connectivity index (χ4v) is 6.35. The number of nitrogens with two attached hydrogens (primary N) is 1. The summed E-state index contributed by atoms with van der Waals surface area (Å²) < 4.78 is 4.92. The monoisotopic (exact) mass is 561 g/mol. The Balaban J connectivity index is 1.41. The maximum Gasteiger partial charge on any atom is 0.411 e. The molecule has 8 nitrogen and oxygen atoms in total. The number of nitrogens with one attached hydrogen (secondary N) is 1. The molecular formula is C31H39N5O3S. The van der Waals surface area contributed by atoms with E-state index in [2.05, 4.69) is 52.5 Å². The van der Waals surface area contributed by atoms with Crippen LogP contribution in [0.5, 0.6) is 0 Å². The molecule has 2 heterocycles. The van der Waals surface area contributed by atoms with Gasteiger partial charge in [-0.05, 0) is 79.1 Å². The van der Waals surface area contributed by atoms with Crippen molar-refractivity contribution in [1.82, 2.24) is 9.80 Å². The van der Waals surface area contributed by atoms with Gasteiger partial charge in [0.25, 0.3) is 5.91 Å². The molecule has 2 amide bonds. The average molecular weight is 562 g/mol. The molecule has 1 saturated heterocycles. The Morgan fingerprint density at radius 2 is 1.75 bits per heavy atom. The number of hydrogen-bond donors (Lipinski definition) is 2. The number of rotatable bonds is 7. The van der Waals surface area contributed by atoms with Crippen LogP contribution in [0, 0.1) is 0 Å². The summed E-state index contributed by atoms with van der Waals surface area (Å²) in [7, 11) is 3.50. The van der Waals surface area contributed by atoms with Crippen molar-refractivity contribution in [3.63, 3.8) is 0 Å². The van der Waals surface area contributed by atoms with Gasteiger partial charge in [-0.3, -0.25) is 10.1 Å². The van der Waals surface area contributed by atoms with Crippen molar-refractivity contribution < 1.29 is 14.3 Å². The third-order valence-corrected chi connectivity index (χ3v) is 8.91. The SMILES string of the molecule is COC(=O)Nc1cc(-c2cccc(CN(C(=O)c3cccs3)C3CCC(N)CC3)c2)ccc1N1CCN(C)CC1. The lowest BCUT2D eigenvalue weighted by Gasteiger charge is -2.36. The molecule has 2 aromatic carbocycles. The van der Waals surface area contributed by atoms with Crippen LogP contribution in [0.4, 0.5) is 16.2 Å². The highest BCUT2D eigenvalue weighted by atomic mass is 32.1. The van der Waals surface area contributed by atoms with E-state index in [0.29, 0.717) is 6.54 Å². The van der Waals surface area contributed by atoms with Crippen LogP contribution in [-0.2, 0) is 11.3 Å². The van der Waals surface area contributed by atoms with Crippen LogP contribution in [-0.4, -0.2) is 74.2 Å². The highest BCUT2D eigenvalue weighted by Gasteiger charge is 2.29. The van der Waals surface area contributed by atoms with Gasteiger partial charge in [0.1, 0.15) is 0 Å². The van der Waals surface area contributed by atoms with Gasteiger partial charge in [0.15, 0.2) is 0 Å². The number of carbonyl (C=O) groups is 2. The summed E-state index contributed by atoms with van der Waals surface area (Å²) in [5.74, 6) is 0.0852. The quantitative estimate of drug-likeness (QED) is 0.409. The Morgan fingerprint density at radius 1 is 1.00 bits per heavy atom. The first-order valence-corrected chi connectivity index (χ1v) is 14.9. The molecule has 1 aliphatic heterocycles.